The van der Waals surface area contributed by atoms with Crippen molar-refractivity contribution in [2.45, 2.75) is 142 Å². The van der Waals surface area contributed by atoms with Crippen molar-refractivity contribution in [1.29, 1.82) is 0 Å². The Labute approximate surface area is 289 Å². The number of amides is 1. The van der Waals surface area contributed by atoms with Crippen molar-refractivity contribution >= 4 is 82.9 Å². The Hall–Kier alpha value is 0.0400. The van der Waals surface area contributed by atoms with Crippen LogP contribution in [0.5, 0.6) is 0 Å². The van der Waals surface area contributed by atoms with Gasteiger partial charge >= 0.3 is 77.0 Å². The zero-order chi connectivity index (χ0) is 28.9. The van der Waals surface area contributed by atoms with Crippen LogP contribution in [0.2, 0.25) is 0 Å². The normalized spacial score (nSPS) is 9.90. The molecule has 0 spiro atoms. The molecule has 8 nitrogen and oxygen atoms in total. The molecule has 0 aliphatic carbocycles. The summed E-state index contributed by atoms with van der Waals surface area (Å²) in [5, 5.41) is 10.3. The number of carbonyl (C=O) groups is 4. The van der Waals surface area contributed by atoms with Crippen LogP contribution in [-0.2, 0) is 23.9 Å². The average Bonchev–Trinajstić information content (AvgIpc) is 2.86. The van der Waals surface area contributed by atoms with Crippen molar-refractivity contribution in [3.05, 3.63) is 0 Å². The van der Waals surface area contributed by atoms with Gasteiger partial charge in [-0.25, -0.2) is 4.79 Å². The van der Waals surface area contributed by atoms with Crippen LogP contribution in [0.15, 0.2) is 0 Å². The molecule has 0 atom stereocenters. The van der Waals surface area contributed by atoms with Crippen molar-refractivity contribution in [2.75, 3.05) is 27.2 Å². The van der Waals surface area contributed by atoms with Crippen LogP contribution in [0.25, 0.3) is 0 Å². The Bertz CT molecular complexity index is 609. The molecule has 0 aromatic carbocycles. The third-order valence-electron chi connectivity index (χ3n) is 6.33. The van der Waals surface area contributed by atoms with Gasteiger partial charge in [-0.2, -0.15) is 0 Å². The van der Waals surface area contributed by atoms with Gasteiger partial charge in [0.25, 0.3) is 0 Å². The van der Waals surface area contributed by atoms with E-state index in [9.17, 15) is 19.2 Å². The van der Waals surface area contributed by atoms with E-state index in [-0.39, 0.29) is 84.5 Å². The summed E-state index contributed by atoms with van der Waals surface area (Å²) < 4.78 is 4.87. The van der Waals surface area contributed by atoms with E-state index in [1.807, 2.05) is 0 Å². The summed E-state index contributed by atoms with van der Waals surface area (Å²) in [4.78, 5) is 46.8. The molecule has 40 heavy (non-hydrogen) atoms. The van der Waals surface area contributed by atoms with Crippen LogP contribution in [0.4, 0.5) is 0 Å². The number of esters is 2. The number of hydrogen-bond acceptors (Lipinski definition) is 6. The maximum absolute atomic E-state index is 12.2. The number of carbonyl (C=O) groups excluding carboxylic acids is 3. The third-order valence-corrected chi connectivity index (χ3v) is 6.33. The fourth-order valence-corrected chi connectivity index (χ4v) is 4.00. The Morgan fingerprint density at radius 2 is 1.00 bits per heavy atom. The van der Waals surface area contributed by atoms with Crippen LogP contribution in [-0.4, -0.2) is 120 Å². The van der Waals surface area contributed by atoms with Crippen molar-refractivity contribution in [3.8, 4) is 0 Å². The number of carboxylic acids is 1. The van der Waals surface area contributed by atoms with Crippen molar-refractivity contribution in [3.63, 3.8) is 0 Å². The molecule has 0 radical (unpaired) electrons. The molecule has 0 unspecified atom stereocenters. The van der Waals surface area contributed by atoms with E-state index in [1.54, 1.807) is 14.1 Å². The standard InChI is InChI=1S/C27H51NO4.C3H7NO2.2Na.2H/c1-4-6-8-10-12-14-16-18-20-22-25(29)28(3)24-27(31)32-26(30)23-21-19-17-15-13-11-9-7-5-2;1-4-2-3(5)6;;;;/h4-24H2,1-3H3;4H,2H2,1H3,(H,5,6);;;;. The third kappa shape index (κ3) is 38.0. The molecular formula is C30H60N2Na2O6. The number of unbranched alkanes of at least 4 members (excludes halogenated alkanes) is 16. The summed E-state index contributed by atoms with van der Waals surface area (Å²) in [6.07, 6.45) is 22.1. The molecule has 0 saturated carbocycles. The van der Waals surface area contributed by atoms with E-state index < -0.39 is 17.9 Å². The van der Waals surface area contributed by atoms with Crippen molar-refractivity contribution in [1.82, 2.24) is 10.2 Å². The van der Waals surface area contributed by atoms with Gasteiger partial charge in [0.2, 0.25) is 5.91 Å². The monoisotopic (exact) mass is 590 g/mol. The minimum atomic E-state index is -0.822. The molecule has 0 aliphatic rings. The van der Waals surface area contributed by atoms with E-state index >= 15 is 0 Å². The second kappa shape index (κ2) is 37.1. The van der Waals surface area contributed by atoms with Crippen LogP contribution in [0, 0.1) is 0 Å². The Balaban J connectivity index is -0.000000724. The van der Waals surface area contributed by atoms with Crippen LogP contribution in [0.3, 0.4) is 0 Å². The number of likely N-dealkylation sites (N-methyl/N-ethyl adjacent to an activating group) is 2. The minimum absolute atomic E-state index is 0. The summed E-state index contributed by atoms with van der Waals surface area (Å²) in [5.41, 5.74) is 0. The van der Waals surface area contributed by atoms with Crippen molar-refractivity contribution < 1.29 is 29.0 Å². The summed E-state index contributed by atoms with van der Waals surface area (Å²) in [6.45, 7) is 4.34. The molecule has 0 bridgehead atoms. The van der Waals surface area contributed by atoms with E-state index in [0.29, 0.717) is 6.42 Å². The second-order valence-electron chi connectivity index (χ2n) is 10.2. The molecule has 0 fully saturated rings. The summed E-state index contributed by atoms with van der Waals surface area (Å²) in [6, 6.07) is 0. The quantitative estimate of drug-likeness (QED) is 0.0674. The van der Waals surface area contributed by atoms with Crippen LogP contribution < -0.4 is 5.32 Å². The van der Waals surface area contributed by atoms with E-state index in [1.165, 1.54) is 88.4 Å². The molecule has 2 N–H and O–H groups in total. The number of nitrogens with zero attached hydrogens (tertiary/aromatic N) is 1. The molecular weight excluding hydrogens is 530 g/mol. The summed E-state index contributed by atoms with van der Waals surface area (Å²) >= 11 is 0. The van der Waals surface area contributed by atoms with Crippen LogP contribution >= 0.6 is 0 Å². The molecule has 0 heterocycles. The van der Waals surface area contributed by atoms with E-state index in [2.05, 4.69) is 19.2 Å². The first-order valence-electron chi connectivity index (χ1n) is 15.1. The second-order valence-corrected chi connectivity index (χ2v) is 10.2. The number of aliphatic carboxylic acids is 1. The molecule has 0 rings (SSSR count). The van der Waals surface area contributed by atoms with Crippen LogP contribution in [0.1, 0.15) is 142 Å². The number of ether oxygens (including phenoxy) is 1. The maximum atomic E-state index is 12.2. The molecule has 1 amide bonds. The predicted octanol–water partition coefficient (Wildman–Crippen LogP) is 5.35. The van der Waals surface area contributed by atoms with Gasteiger partial charge in [0.05, 0.1) is 6.54 Å². The van der Waals surface area contributed by atoms with Gasteiger partial charge in [-0.3, -0.25) is 14.4 Å². The van der Waals surface area contributed by atoms with Gasteiger partial charge in [0, 0.05) is 19.9 Å². The Morgan fingerprint density at radius 3 is 1.35 bits per heavy atom. The Morgan fingerprint density at radius 1 is 0.625 bits per heavy atom. The molecule has 228 valence electrons. The van der Waals surface area contributed by atoms with E-state index in [0.717, 1.165) is 32.1 Å². The Kier molecular flexibility index (Phi) is 43.5. The first kappa shape index (κ1) is 47.0. The average molecular weight is 591 g/mol. The first-order valence-corrected chi connectivity index (χ1v) is 15.1. The number of rotatable bonds is 24. The van der Waals surface area contributed by atoms with Crippen molar-refractivity contribution in [2.24, 2.45) is 0 Å². The number of nitrogens with one attached hydrogen (secondary N) is 1. The number of carboxylic acid groups (broad SMARTS) is 1. The zero-order valence-corrected chi connectivity index (χ0v) is 25.0. The fourth-order valence-electron chi connectivity index (χ4n) is 4.00. The van der Waals surface area contributed by atoms with Gasteiger partial charge in [-0.1, -0.05) is 117 Å². The van der Waals surface area contributed by atoms with Gasteiger partial charge in [0.1, 0.15) is 6.54 Å². The van der Waals surface area contributed by atoms with Gasteiger partial charge in [-0.15, -0.1) is 0 Å². The number of hydrogen-bond donors (Lipinski definition) is 2. The first-order chi connectivity index (χ1) is 18.3. The predicted molar refractivity (Wildman–Crippen MR) is 168 cm³/mol. The van der Waals surface area contributed by atoms with E-state index in [4.69, 9.17) is 9.84 Å². The zero-order valence-electron chi connectivity index (χ0n) is 25.0. The SMILES string of the molecule is CCCCCCCCCCCC(=O)OC(=O)CN(C)C(=O)CCCCCCCCCCC.CNCC(=O)O.[NaH].[NaH]. The molecule has 0 aromatic rings. The molecule has 0 aromatic heterocycles. The topological polar surface area (TPSA) is 113 Å². The van der Waals surface area contributed by atoms with Gasteiger partial charge in [-0.05, 0) is 19.9 Å². The fraction of sp³-hybridized carbons (Fsp3) is 0.867. The molecule has 10 heteroatoms. The van der Waals surface area contributed by atoms with Gasteiger partial charge < -0.3 is 20.1 Å². The summed E-state index contributed by atoms with van der Waals surface area (Å²) in [5.74, 6) is -1.99. The molecule has 0 saturated heterocycles. The summed E-state index contributed by atoms with van der Waals surface area (Å²) in [7, 11) is 3.19. The molecule has 0 aliphatic heterocycles. The van der Waals surface area contributed by atoms with Gasteiger partial charge in [0.15, 0.2) is 0 Å².